The van der Waals surface area contributed by atoms with Gasteiger partial charge in [-0.15, -0.1) is 10.2 Å². The third kappa shape index (κ3) is 4.83. The number of para-hydroxylation sites is 1. The summed E-state index contributed by atoms with van der Waals surface area (Å²) < 4.78 is 30.8. The fraction of sp³-hybridized carbons (Fsp3) is 0.130. The molecule has 0 bridgehead atoms. The minimum atomic E-state index is -2.91. The quantitative estimate of drug-likeness (QED) is 0.270. The fourth-order valence-corrected chi connectivity index (χ4v) is 3.95. The van der Waals surface area contributed by atoms with Crippen LogP contribution in [0.15, 0.2) is 78.2 Å². The normalized spacial score (nSPS) is 11.0. The zero-order valence-electron chi connectivity index (χ0n) is 17.0. The summed E-state index contributed by atoms with van der Waals surface area (Å²) in [6.45, 7) is -0.917. The van der Waals surface area contributed by atoms with Crippen LogP contribution in [-0.4, -0.2) is 37.9 Å². The first-order valence-electron chi connectivity index (χ1n) is 9.65. The van der Waals surface area contributed by atoms with E-state index in [0.29, 0.717) is 16.5 Å². The number of aromatic nitrogens is 4. The van der Waals surface area contributed by atoms with Gasteiger partial charge in [-0.05, 0) is 55.0 Å². The van der Waals surface area contributed by atoms with Crippen LogP contribution >= 0.6 is 11.8 Å². The lowest BCUT2D eigenvalue weighted by atomic mass is 10.1. The fourth-order valence-electron chi connectivity index (χ4n) is 3.11. The van der Waals surface area contributed by atoms with E-state index in [-0.39, 0.29) is 17.3 Å². The molecule has 2 heterocycles. The zero-order chi connectivity index (χ0) is 22.5. The van der Waals surface area contributed by atoms with Crippen LogP contribution in [0.4, 0.5) is 8.78 Å². The van der Waals surface area contributed by atoms with Gasteiger partial charge in [0.05, 0.1) is 11.4 Å². The standard InChI is InChI=1S/C23H18F2N4O2S/c1-15-5-2-3-7-19(15)29-21(17-6-4-12-26-13-17)27-28-23(29)32-14-20(30)16-8-10-18(11-9-16)31-22(24)25/h2-13,22H,14H2,1H3. The van der Waals surface area contributed by atoms with E-state index < -0.39 is 6.61 Å². The smallest absolute Gasteiger partial charge is 0.387 e. The van der Waals surface area contributed by atoms with E-state index in [2.05, 4.69) is 19.9 Å². The average Bonchev–Trinajstić information content (AvgIpc) is 3.22. The number of pyridine rings is 1. The van der Waals surface area contributed by atoms with E-state index in [1.807, 2.05) is 47.9 Å². The van der Waals surface area contributed by atoms with Crippen molar-refractivity contribution < 1.29 is 18.3 Å². The molecule has 32 heavy (non-hydrogen) atoms. The molecular weight excluding hydrogens is 434 g/mol. The van der Waals surface area contributed by atoms with Crippen molar-refractivity contribution in [3.8, 4) is 22.8 Å². The van der Waals surface area contributed by atoms with Crippen molar-refractivity contribution >= 4 is 17.5 Å². The number of halogens is 2. The first-order chi connectivity index (χ1) is 15.5. The van der Waals surface area contributed by atoms with E-state index in [4.69, 9.17) is 0 Å². The summed E-state index contributed by atoms with van der Waals surface area (Å²) >= 11 is 1.25. The number of alkyl halides is 2. The lowest BCUT2D eigenvalue weighted by Gasteiger charge is -2.12. The lowest BCUT2D eigenvalue weighted by molar-refractivity contribution is -0.0498. The van der Waals surface area contributed by atoms with Crippen molar-refractivity contribution in [2.24, 2.45) is 0 Å². The van der Waals surface area contributed by atoms with Crippen LogP contribution in [0.3, 0.4) is 0 Å². The summed E-state index contributed by atoms with van der Waals surface area (Å²) in [6, 6.07) is 17.2. The molecule has 0 N–H and O–H groups in total. The number of ketones is 1. The summed E-state index contributed by atoms with van der Waals surface area (Å²) in [5.74, 6) is 0.563. The first-order valence-corrected chi connectivity index (χ1v) is 10.6. The number of nitrogens with zero attached hydrogens (tertiary/aromatic N) is 4. The Morgan fingerprint density at radius 3 is 2.53 bits per heavy atom. The highest BCUT2D eigenvalue weighted by atomic mass is 32.2. The maximum Gasteiger partial charge on any atom is 0.387 e. The summed E-state index contributed by atoms with van der Waals surface area (Å²) in [4.78, 5) is 16.8. The van der Waals surface area contributed by atoms with Crippen LogP contribution in [0, 0.1) is 6.92 Å². The predicted octanol–water partition coefficient (Wildman–Crippen LogP) is 5.21. The van der Waals surface area contributed by atoms with E-state index in [1.54, 1.807) is 12.4 Å². The van der Waals surface area contributed by atoms with Crippen molar-refractivity contribution in [1.29, 1.82) is 0 Å². The third-order valence-corrected chi connectivity index (χ3v) is 5.57. The van der Waals surface area contributed by atoms with Gasteiger partial charge in [0.1, 0.15) is 5.75 Å². The Morgan fingerprint density at radius 1 is 1.06 bits per heavy atom. The van der Waals surface area contributed by atoms with Gasteiger partial charge >= 0.3 is 6.61 Å². The Morgan fingerprint density at radius 2 is 1.84 bits per heavy atom. The molecule has 0 aliphatic heterocycles. The van der Waals surface area contributed by atoms with Crippen molar-refractivity contribution in [2.75, 3.05) is 5.75 Å². The van der Waals surface area contributed by atoms with Gasteiger partial charge in [-0.1, -0.05) is 30.0 Å². The van der Waals surface area contributed by atoms with E-state index >= 15 is 0 Å². The summed E-state index contributed by atoms with van der Waals surface area (Å²) in [6.07, 6.45) is 3.39. The van der Waals surface area contributed by atoms with Crippen molar-refractivity contribution in [3.63, 3.8) is 0 Å². The molecule has 4 rings (SSSR count). The van der Waals surface area contributed by atoms with Gasteiger partial charge in [-0.3, -0.25) is 14.3 Å². The van der Waals surface area contributed by atoms with Gasteiger partial charge in [0.15, 0.2) is 16.8 Å². The van der Waals surface area contributed by atoms with Gasteiger partial charge in [0, 0.05) is 23.5 Å². The minimum Gasteiger partial charge on any atom is -0.435 e. The highest BCUT2D eigenvalue weighted by Gasteiger charge is 2.19. The molecule has 0 radical (unpaired) electrons. The molecule has 0 saturated carbocycles. The maximum absolute atomic E-state index is 12.7. The van der Waals surface area contributed by atoms with Crippen LogP contribution in [0.1, 0.15) is 15.9 Å². The lowest BCUT2D eigenvalue weighted by Crippen LogP contribution is -2.06. The third-order valence-electron chi connectivity index (χ3n) is 4.64. The molecule has 6 nitrogen and oxygen atoms in total. The van der Waals surface area contributed by atoms with Crippen LogP contribution in [-0.2, 0) is 0 Å². The number of aryl methyl sites for hydroxylation is 1. The summed E-state index contributed by atoms with van der Waals surface area (Å²) in [7, 11) is 0. The molecule has 0 atom stereocenters. The SMILES string of the molecule is Cc1ccccc1-n1c(SCC(=O)c2ccc(OC(F)F)cc2)nnc1-c1cccnc1. The highest BCUT2D eigenvalue weighted by Crippen LogP contribution is 2.29. The number of ether oxygens (including phenoxy) is 1. The molecule has 0 aliphatic rings. The second kappa shape index (κ2) is 9.69. The molecule has 0 aliphatic carbocycles. The Bertz CT molecular complexity index is 1210. The molecule has 162 valence electrons. The van der Waals surface area contributed by atoms with Gasteiger partial charge in [-0.25, -0.2) is 0 Å². The summed E-state index contributed by atoms with van der Waals surface area (Å²) in [5.41, 5.74) is 3.13. The minimum absolute atomic E-state index is 0.00427. The predicted molar refractivity (Wildman–Crippen MR) is 117 cm³/mol. The maximum atomic E-state index is 12.7. The Hall–Kier alpha value is -3.59. The van der Waals surface area contributed by atoms with Gasteiger partial charge in [0.2, 0.25) is 0 Å². The Balaban J connectivity index is 1.59. The number of carbonyl (C=O) groups is 1. The van der Waals surface area contributed by atoms with Crippen LogP contribution in [0.25, 0.3) is 17.1 Å². The monoisotopic (exact) mass is 452 g/mol. The second-order valence-corrected chi connectivity index (χ2v) is 7.73. The first kappa shape index (κ1) is 21.6. The van der Waals surface area contributed by atoms with E-state index in [1.165, 1.54) is 36.0 Å². The number of Topliss-reactive ketones (excluding diaryl/α,β-unsaturated/α-hetero) is 1. The van der Waals surface area contributed by atoms with Crippen LogP contribution in [0.5, 0.6) is 5.75 Å². The molecule has 9 heteroatoms. The molecule has 2 aromatic carbocycles. The van der Waals surface area contributed by atoms with Gasteiger partial charge in [-0.2, -0.15) is 8.78 Å². The number of carbonyl (C=O) groups excluding carboxylic acids is 1. The Kier molecular flexibility index (Phi) is 6.55. The molecule has 2 aromatic heterocycles. The van der Waals surface area contributed by atoms with Crippen molar-refractivity contribution in [3.05, 3.63) is 84.2 Å². The molecule has 0 spiro atoms. The molecule has 0 saturated heterocycles. The van der Waals surface area contributed by atoms with Gasteiger partial charge < -0.3 is 4.74 Å². The number of benzene rings is 2. The van der Waals surface area contributed by atoms with Crippen molar-refractivity contribution in [1.82, 2.24) is 19.7 Å². The highest BCUT2D eigenvalue weighted by molar-refractivity contribution is 7.99. The topological polar surface area (TPSA) is 69.9 Å². The molecule has 0 fully saturated rings. The number of hydrogen-bond acceptors (Lipinski definition) is 6. The zero-order valence-corrected chi connectivity index (χ0v) is 17.8. The van der Waals surface area contributed by atoms with E-state index in [9.17, 15) is 13.6 Å². The summed E-state index contributed by atoms with van der Waals surface area (Å²) in [5, 5.41) is 9.22. The van der Waals surface area contributed by atoms with Gasteiger partial charge in [0.25, 0.3) is 0 Å². The molecule has 4 aromatic rings. The molecular formula is C23H18F2N4O2S. The average molecular weight is 452 g/mol. The van der Waals surface area contributed by atoms with E-state index in [0.717, 1.165) is 16.8 Å². The number of hydrogen-bond donors (Lipinski definition) is 0. The van der Waals surface area contributed by atoms with Crippen LogP contribution in [0.2, 0.25) is 0 Å². The molecule has 0 amide bonds. The Labute approximate surface area is 187 Å². The molecule has 0 unspecified atom stereocenters. The largest absolute Gasteiger partial charge is 0.435 e. The second-order valence-electron chi connectivity index (χ2n) is 6.78. The van der Waals surface area contributed by atoms with Crippen molar-refractivity contribution in [2.45, 2.75) is 18.7 Å². The number of thioether (sulfide) groups is 1. The van der Waals surface area contributed by atoms with Crippen LogP contribution < -0.4 is 4.74 Å². The number of rotatable bonds is 8.